The van der Waals surface area contributed by atoms with Crippen molar-refractivity contribution in [1.82, 2.24) is 9.80 Å². The van der Waals surface area contributed by atoms with Crippen LogP contribution in [0.3, 0.4) is 0 Å². The number of piperazine rings is 1. The summed E-state index contributed by atoms with van der Waals surface area (Å²) in [7, 11) is 0. The van der Waals surface area contributed by atoms with E-state index in [1.807, 2.05) is 6.92 Å². The fourth-order valence-electron chi connectivity index (χ4n) is 3.59. The van der Waals surface area contributed by atoms with Crippen molar-refractivity contribution < 1.29 is 23.8 Å². The van der Waals surface area contributed by atoms with Gasteiger partial charge in [-0.25, -0.2) is 4.39 Å². The lowest BCUT2D eigenvalue weighted by Gasteiger charge is -2.39. The lowest BCUT2D eigenvalue weighted by molar-refractivity contribution is -0.138. The predicted molar refractivity (Wildman–Crippen MR) is 111 cm³/mol. The van der Waals surface area contributed by atoms with Crippen molar-refractivity contribution in [2.45, 2.75) is 25.9 Å². The van der Waals surface area contributed by atoms with Gasteiger partial charge >= 0.3 is 5.97 Å². The number of benzene rings is 2. The van der Waals surface area contributed by atoms with E-state index in [9.17, 15) is 14.0 Å². The van der Waals surface area contributed by atoms with Gasteiger partial charge in [-0.15, -0.1) is 0 Å². The number of amides is 1. The molecule has 1 fully saturated rings. The number of hydrogen-bond donors (Lipinski definition) is 1. The van der Waals surface area contributed by atoms with Crippen LogP contribution in [0.5, 0.6) is 5.75 Å². The Hall–Kier alpha value is -2.64. The summed E-state index contributed by atoms with van der Waals surface area (Å²) in [5, 5.41) is 9.45. The minimum Gasteiger partial charge on any atom is -0.483 e. The maximum Gasteiger partial charge on any atom is 0.307 e. The number of carbonyl (C=O) groups is 2. The molecule has 1 amide bonds. The van der Waals surface area contributed by atoms with Crippen LogP contribution in [0.25, 0.3) is 0 Å². The fraction of sp³-hybridized carbons (Fsp3) is 0.364. The topological polar surface area (TPSA) is 70.1 Å². The summed E-state index contributed by atoms with van der Waals surface area (Å²) in [6.45, 7) is 4.45. The third kappa shape index (κ3) is 5.93. The monoisotopic (exact) mass is 434 g/mol. The molecule has 0 spiro atoms. The summed E-state index contributed by atoms with van der Waals surface area (Å²) in [5.74, 6) is -1.10. The molecule has 8 heteroatoms. The lowest BCUT2D eigenvalue weighted by Crippen LogP contribution is -2.54. The summed E-state index contributed by atoms with van der Waals surface area (Å²) >= 11 is 5.98. The van der Waals surface area contributed by atoms with Crippen molar-refractivity contribution >= 4 is 23.5 Å². The van der Waals surface area contributed by atoms with Gasteiger partial charge in [-0.3, -0.25) is 14.5 Å². The van der Waals surface area contributed by atoms with E-state index in [4.69, 9.17) is 21.4 Å². The average Bonchev–Trinajstić information content (AvgIpc) is 2.69. The number of aliphatic carboxylic acids is 1. The number of nitrogens with zero attached hydrogens (tertiary/aromatic N) is 2. The van der Waals surface area contributed by atoms with E-state index < -0.39 is 5.97 Å². The van der Waals surface area contributed by atoms with Crippen LogP contribution in [0.1, 0.15) is 18.1 Å². The number of rotatable bonds is 7. The van der Waals surface area contributed by atoms with Gasteiger partial charge in [0, 0.05) is 42.8 Å². The van der Waals surface area contributed by atoms with Crippen molar-refractivity contribution in [3.05, 3.63) is 64.4 Å². The largest absolute Gasteiger partial charge is 0.483 e. The average molecular weight is 435 g/mol. The quantitative estimate of drug-likeness (QED) is 0.724. The summed E-state index contributed by atoms with van der Waals surface area (Å²) in [5.41, 5.74) is 1.50. The second-order valence-corrected chi connectivity index (χ2v) is 7.85. The third-order valence-corrected chi connectivity index (χ3v) is 5.31. The van der Waals surface area contributed by atoms with Gasteiger partial charge in [0.1, 0.15) is 11.6 Å². The molecule has 2 aromatic carbocycles. The molecule has 1 aliphatic heterocycles. The van der Waals surface area contributed by atoms with Crippen LogP contribution >= 0.6 is 11.6 Å². The maximum absolute atomic E-state index is 13.1. The minimum atomic E-state index is -0.987. The molecule has 30 heavy (non-hydrogen) atoms. The first kappa shape index (κ1) is 22.1. The van der Waals surface area contributed by atoms with Crippen LogP contribution in [0.15, 0.2) is 42.5 Å². The molecular formula is C22H24ClFN2O4. The Morgan fingerprint density at radius 2 is 1.93 bits per heavy atom. The van der Waals surface area contributed by atoms with Gasteiger partial charge in [-0.2, -0.15) is 0 Å². The van der Waals surface area contributed by atoms with Crippen LogP contribution in [-0.4, -0.2) is 59.1 Å². The van der Waals surface area contributed by atoms with Crippen LogP contribution < -0.4 is 4.74 Å². The van der Waals surface area contributed by atoms with E-state index in [0.717, 1.165) is 5.56 Å². The number of hydrogen-bond acceptors (Lipinski definition) is 4. The highest BCUT2D eigenvalue weighted by molar-refractivity contribution is 6.30. The van der Waals surface area contributed by atoms with E-state index in [0.29, 0.717) is 42.5 Å². The summed E-state index contributed by atoms with van der Waals surface area (Å²) in [6.07, 6.45) is -0.209. The number of halogens is 2. The van der Waals surface area contributed by atoms with Gasteiger partial charge in [0.05, 0.1) is 6.42 Å². The summed E-state index contributed by atoms with van der Waals surface area (Å²) in [4.78, 5) is 27.7. The molecule has 1 N–H and O–H groups in total. The van der Waals surface area contributed by atoms with Crippen LogP contribution in [0, 0.1) is 5.82 Å². The Bertz CT molecular complexity index is 907. The molecule has 1 aliphatic rings. The first-order valence-corrected chi connectivity index (χ1v) is 10.1. The second kappa shape index (κ2) is 9.91. The molecule has 2 aromatic rings. The Morgan fingerprint density at radius 3 is 2.60 bits per heavy atom. The molecule has 1 heterocycles. The zero-order valence-corrected chi connectivity index (χ0v) is 17.4. The molecule has 0 aliphatic carbocycles. The number of ether oxygens (including phenoxy) is 1. The number of carbonyl (C=O) groups excluding carboxylic acids is 1. The lowest BCUT2D eigenvalue weighted by atomic mass is 10.1. The minimum absolute atomic E-state index is 0.00634. The van der Waals surface area contributed by atoms with E-state index in [-0.39, 0.29) is 30.8 Å². The molecule has 6 nitrogen and oxygen atoms in total. The first-order chi connectivity index (χ1) is 14.3. The van der Waals surface area contributed by atoms with E-state index in [1.165, 1.54) is 18.2 Å². The molecule has 0 unspecified atom stereocenters. The van der Waals surface area contributed by atoms with E-state index in [2.05, 4.69) is 4.90 Å². The highest BCUT2D eigenvalue weighted by Crippen LogP contribution is 2.24. The Morgan fingerprint density at radius 1 is 1.20 bits per heavy atom. The molecule has 1 saturated heterocycles. The zero-order valence-electron chi connectivity index (χ0n) is 16.7. The third-order valence-electron chi connectivity index (χ3n) is 5.07. The van der Waals surface area contributed by atoms with E-state index >= 15 is 0 Å². The molecule has 0 aromatic heterocycles. The standard InChI is InChI=1S/C22H24ClFN2O4/c1-15-12-25(13-16-2-6-19(24)7-3-16)8-9-26(15)21(27)14-30-20-11-18(23)5-4-17(20)10-22(28)29/h2-7,11,15H,8-10,12-14H2,1H3,(H,28,29)/t15-/m1/s1. The first-order valence-electron chi connectivity index (χ1n) is 9.71. The predicted octanol–water partition coefficient (Wildman–Crippen LogP) is 3.22. The second-order valence-electron chi connectivity index (χ2n) is 7.41. The summed E-state index contributed by atoms with van der Waals surface area (Å²) < 4.78 is 18.7. The Kier molecular flexibility index (Phi) is 7.29. The maximum atomic E-state index is 13.1. The molecule has 0 radical (unpaired) electrons. The Balaban J connectivity index is 1.55. The molecule has 1 atom stereocenters. The fourth-order valence-corrected chi connectivity index (χ4v) is 3.75. The van der Waals surface area contributed by atoms with Gasteiger partial charge in [0.15, 0.2) is 6.61 Å². The highest BCUT2D eigenvalue weighted by Gasteiger charge is 2.27. The number of carboxylic acids is 1. The van der Waals surface area contributed by atoms with E-state index in [1.54, 1.807) is 29.2 Å². The zero-order chi connectivity index (χ0) is 21.7. The molecule has 0 saturated carbocycles. The van der Waals surface area contributed by atoms with Crippen molar-refractivity contribution in [2.24, 2.45) is 0 Å². The molecule has 0 bridgehead atoms. The van der Waals surface area contributed by atoms with Crippen LogP contribution in [0.2, 0.25) is 5.02 Å². The highest BCUT2D eigenvalue weighted by atomic mass is 35.5. The van der Waals surface area contributed by atoms with Crippen molar-refractivity contribution in [3.63, 3.8) is 0 Å². The van der Waals surface area contributed by atoms with Gasteiger partial charge in [0.25, 0.3) is 5.91 Å². The van der Waals surface area contributed by atoms with Gasteiger partial charge < -0.3 is 14.7 Å². The molecular weight excluding hydrogens is 411 g/mol. The molecule has 160 valence electrons. The smallest absolute Gasteiger partial charge is 0.307 e. The summed E-state index contributed by atoms with van der Waals surface area (Å²) in [6, 6.07) is 11.1. The van der Waals surface area contributed by atoms with Crippen LogP contribution in [-0.2, 0) is 22.6 Å². The van der Waals surface area contributed by atoms with Crippen LogP contribution in [0.4, 0.5) is 4.39 Å². The van der Waals surface area contributed by atoms with Gasteiger partial charge in [-0.05, 0) is 36.8 Å². The SMILES string of the molecule is C[C@@H]1CN(Cc2ccc(F)cc2)CCN1C(=O)COc1cc(Cl)ccc1CC(=O)O. The van der Waals surface area contributed by atoms with Gasteiger partial charge in [0.2, 0.25) is 0 Å². The van der Waals surface area contributed by atoms with Crippen molar-refractivity contribution in [2.75, 3.05) is 26.2 Å². The van der Waals surface area contributed by atoms with Crippen molar-refractivity contribution in [1.29, 1.82) is 0 Å². The van der Waals surface area contributed by atoms with Crippen molar-refractivity contribution in [3.8, 4) is 5.75 Å². The molecule has 3 rings (SSSR count). The van der Waals surface area contributed by atoms with Gasteiger partial charge in [-0.1, -0.05) is 29.8 Å². The normalized spacial score (nSPS) is 17.0. The number of carboxylic acid groups (broad SMARTS) is 1. The Labute approximate surface area is 179 Å².